The molecule has 53 heavy (non-hydrogen) atoms. The second kappa shape index (κ2) is 11.0. The van der Waals surface area contributed by atoms with Crippen molar-refractivity contribution in [3.63, 3.8) is 0 Å². The van der Waals surface area contributed by atoms with Crippen LogP contribution in [0.5, 0.6) is 0 Å². The Morgan fingerprint density at radius 2 is 1.91 bits per heavy atom. The fraction of sp³-hybridized carbons (Fsp3) is 0.833. The molecule has 13 aliphatic rings. The summed E-state index contributed by atoms with van der Waals surface area (Å²) in [5, 5.41) is 17.5. The normalized spacial score (nSPS) is 57.4. The number of rotatable bonds is 7. The number of ether oxygens (including phenoxy) is 1. The van der Waals surface area contributed by atoms with Crippen LogP contribution in [-0.4, -0.2) is 65.7 Å². The zero-order valence-electron chi connectivity index (χ0n) is 33.4. The van der Waals surface area contributed by atoms with E-state index in [1.807, 2.05) is 5.57 Å². The Balaban J connectivity index is 0.923. The third kappa shape index (κ3) is 3.61. The first-order valence-electron chi connectivity index (χ1n) is 23.0. The van der Waals surface area contributed by atoms with E-state index in [4.69, 9.17) is 4.74 Å². The molecule has 0 aromatic heterocycles. The average molecular weight is 720 g/mol. The highest BCUT2D eigenvalue weighted by atomic mass is 16.5. The largest absolute Gasteiger partial charge is 0.396 e. The maximum atomic E-state index is 9.92. The number of fused-ring (bicyclic) bond motifs is 3. The van der Waals surface area contributed by atoms with Crippen molar-refractivity contribution < 1.29 is 9.84 Å². The molecule has 5 nitrogen and oxygen atoms in total. The lowest BCUT2D eigenvalue weighted by molar-refractivity contribution is -0.233. The minimum atomic E-state index is -0.00304. The van der Waals surface area contributed by atoms with Crippen molar-refractivity contribution >= 4 is 0 Å². The molecule has 6 saturated carbocycles. The molecular formula is C48H69N3O2. The second-order valence-corrected chi connectivity index (χ2v) is 21.8. The number of hydrogen-bond acceptors (Lipinski definition) is 5. The number of allylic oxidation sites excluding steroid dienone is 3. The summed E-state index contributed by atoms with van der Waals surface area (Å²) in [5.41, 5.74) is 6.97. The van der Waals surface area contributed by atoms with Crippen molar-refractivity contribution in [2.45, 2.75) is 166 Å². The van der Waals surface area contributed by atoms with Crippen LogP contribution in [0.3, 0.4) is 0 Å². The van der Waals surface area contributed by atoms with Crippen LogP contribution in [0.15, 0.2) is 47.1 Å². The van der Waals surface area contributed by atoms with Crippen LogP contribution in [-0.2, 0) is 4.74 Å². The van der Waals surface area contributed by atoms with Crippen molar-refractivity contribution in [2.75, 3.05) is 26.4 Å². The van der Waals surface area contributed by atoms with Gasteiger partial charge >= 0.3 is 0 Å². The van der Waals surface area contributed by atoms with Crippen LogP contribution in [0, 0.1) is 56.7 Å². The lowest BCUT2D eigenvalue weighted by Gasteiger charge is -2.74. The lowest BCUT2D eigenvalue weighted by Crippen LogP contribution is -2.74. The van der Waals surface area contributed by atoms with E-state index >= 15 is 0 Å². The molecule has 4 aliphatic heterocycles. The van der Waals surface area contributed by atoms with E-state index < -0.39 is 0 Å². The van der Waals surface area contributed by atoms with Gasteiger partial charge in [-0.1, -0.05) is 61.8 Å². The number of aliphatic hydroxyl groups excluding tert-OH is 1. The maximum absolute atomic E-state index is 9.92. The monoisotopic (exact) mass is 720 g/mol. The van der Waals surface area contributed by atoms with Crippen molar-refractivity contribution in [1.29, 1.82) is 0 Å². The van der Waals surface area contributed by atoms with E-state index in [1.165, 1.54) is 109 Å². The summed E-state index contributed by atoms with van der Waals surface area (Å²) < 4.78 is 7.10. The second-order valence-electron chi connectivity index (χ2n) is 21.8. The van der Waals surface area contributed by atoms with E-state index in [0.717, 1.165) is 49.8 Å². The minimum absolute atomic E-state index is 0.00304. The quantitative estimate of drug-likeness (QED) is 0.182. The van der Waals surface area contributed by atoms with Gasteiger partial charge < -0.3 is 15.2 Å². The van der Waals surface area contributed by atoms with Crippen molar-refractivity contribution in [1.82, 2.24) is 15.5 Å². The third-order valence-corrected chi connectivity index (χ3v) is 21.2. The molecule has 1 unspecified atom stereocenters. The van der Waals surface area contributed by atoms with E-state index in [0.29, 0.717) is 41.5 Å². The highest BCUT2D eigenvalue weighted by Gasteiger charge is 2.89. The number of aliphatic hydroxyl groups is 1. The molecular weight excluding hydrogens is 651 g/mol. The summed E-state index contributed by atoms with van der Waals surface area (Å²) in [7, 11) is 0. The van der Waals surface area contributed by atoms with Gasteiger partial charge in [0.2, 0.25) is 0 Å². The van der Waals surface area contributed by atoms with Gasteiger partial charge in [-0.15, -0.1) is 0 Å². The van der Waals surface area contributed by atoms with Crippen molar-refractivity contribution in [2.24, 2.45) is 56.7 Å². The molecule has 9 aliphatic carbocycles. The predicted molar refractivity (Wildman–Crippen MR) is 211 cm³/mol. The molecule has 5 spiro atoms. The van der Waals surface area contributed by atoms with Gasteiger partial charge in [-0.25, -0.2) is 0 Å². The molecule has 16 atom stereocenters. The molecule has 5 heteroatoms. The molecule has 2 saturated heterocycles. The van der Waals surface area contributed by atoms with Crippen LogP contribution in [0.25, 0.3) is 0 Å². The predicted octanol–water partition coefficient (Wildman–Crippen LogP) is 8.61. The fourth-order valence-corrected chi connectivity index (χ4v) is 19.5. The van der Waals surface area contributed by atoms with Crippen LogP contribution in [0.1, 0.15) is 136 Å². The van der Waals surface area contributed by atoms with Gasteiger partial charge in [0.15, 0.2) is 0 Å². The molecule has 0 aromatic carbocycles. The van der Waals surface area contributed by atoms with Gasteiger partial charge in [0.1, 0.15) is 0 Å². The third-order valence-electron chi connectivity index (χ3n) is 21.2. The van der Waals surface area contributed by atoms with Crippen LogP contribution in [0.2, 0.25) is 0 Å². The van der Waals surface area contributed by atoms with Crippen LogP contribution < -0.4 is 10.6 Å². The summed E-state index contributed by atoms with van der Waals surface area (Å²) >= 11 is 0. The van der Waals surface area contributed by atoms with Gasteiger partial charge in [0.05, 0.1) is 11.6 Å². The van der Waals surface area contributed by atoms with E-state index in [2.05, 4.69) is 66.7 Å². The minimum Gasteiger partial charge on any atom is -0.396 e. The highest BCUT2D eigenvalue weighted by Crippen LogP contribution is 2.91. The Kier molecular flexibility index (Phi) is 7.04. The lowest BCUT2D eigenvalue weighted by atomic mass is 9.31. The van der Waals surface area contributed by atoms with Crippen LogP contribution in [0.4, 0.5) is 0 Å². The smallest absolute Gasteiger partial charge is 0.0719 e. The fourth-order valence-electron chi connectivity index (χ4n) is 19.5. The van der Waals surface area contributed by atoms with Gasteiger partial charge in [0, 0.05) is 60.3 Å². The maximum Gasteiger partial charge on any atom is 0.0719 e. The summed E-state index contributed by atoms with van der Waals surface area (Å²) in [6, 6.07) is 1.41. The molecule has 0 radical (unpaired) electrons. The van der Waals surface area contributed by atoms with Crippen molar-refractivity contribution in [3.8, 4) is 0 Å². The average Bonchev–Trinajstić information content (AvgIpc) is 3.42. The topological polar surface area (TPSA) is 56.5 Å². The standard InChI is InChI=1S/C48H69N3O2/c1-31-12-21-46-32(2)27-44(17-4-6-35(44)16-25-53-37-9-10-38-33(26-37)8-11-40-41(38)50-30-49-40)48(28-39(31)46)42(46,3)18-13-36-14-19-43-22-23-47(36,48)51-29-45(43,51)20-15-34(43)7-5-24-52/h13-14,19,22-23,32-35,37-38,40-41,49-50,52H,4-12,15-18,20-21,24-30H2,1-3H3/t32-,33-,34+,35+,37+,38-,40+,41-,42-,43+,44+,45+,46-,47+,48-,51?/m1/s1. The Labute approximate surface area is 320 Å². The number of hydrogen-bond donors (Lipinski definition) is 3. The first-order chi connectivity index (χ1) is 25.8. The Bertz CT molecular complexity index is 1710. The van der Waals surface area contributed by atoms with E-state index in [1.54, 1.807) is 11.1 Å². The molecule has 3 N–H and O–H groups in total. The van der Waals surface area contributed by atoms with Crippen molar-refractivity contribution in [3.05, 3.63) is 47.1 Å². The van der Waals surface area contributed by atoms with Gasteiger partial charge in [-0.3, -0.25) is 10.2 Å². The summed E-state index contributed by atoms with van der Waals surface area (Å²) in [4.78, 5) is 3.19. The van der Waals surface area contributed by atoms with Crippen LogP contribution >= 0.6 is 0 Å². The molecule has 8 fully saturated rings. The number of nitrogens with one attached hydrogen (secondary N) is 2. The molecule has 13 rings (SSSR count). The van der Waals surface area contributed by atoms with E-state index in [9.17, 15) is 5.11 Å². The molecule has 0 aromatic rings. The summed E-state index contributed by atoms with van der Waals surface area (Å²) in [6.07, 6.45) is 38.2. The Hall–Kier alpha value is -1.24. The zero-order chi connectivity index (χ0) is 35.6. The Morgan fingerprint density at radius 1 is 0.981 bits per heavy atom. The first-order valence-corrected chi connectivity index (χ1v) is 23.0. The molecule has 4 heterocycles. The van der Waals surface area contributed by atoms with Gasteiger partial charge in [0.25, 0.3) is 0 Å². The highest BCUT2D eigenvalue weighted by molar-refractivity contribution is 5.63. The summed E-state index contributed by atoms with van der Waals surface area (Å²) in [6.45, 7) is 11.8. The SMILES string of the molecule is CC1=C2C[C@]34[C@@]5(CCC[C@H]5CCO[C@H]5CC[C@@H]6[C@H](CC[C@@H]7NCN[C@H]67)C5)C[C@@H](C)[C@@]2(CC1)[C@@]3(C)CC=C1C=C[C@@]23C=C[C@]14N1C[C@]12CC[C@@H]3CCCO. The zero-order valence-corrected chi connectivity index (χ0v) is 33.4. The summed E-state index contributed by atoms with van der Waals surface area (Å²) in [5.74, 6) is 3.85. The van der Waals surface area contributed by atoms with Gasteiger partial charge in [-0.2, -0.15) is 0 Å². The van der Waals surface area contributed by atoms with Gasteiger partial charge in [-0.05, 0) is 162 Å². The first kappa shape index (κ1) is 33.9. The molecule has 4 bridgehead atoms. The van der Waals surface area contributed by atoms with E-state index in [-0.39, 0.29) is 27.3 Å². The Morgan fingerprint density at radius 3 is 2.81 bits per heavy atom. The molecule has 288 valence electrons. The number of nitrogens with zero attached hydrogens (tertiary/aromatic N) is 1. The molecule has 0 amide bonds.